The van der Waals surface area contributed by atoms with Crippen molar-refractivity contribution in [3.8, 4) is 0 Å². The lowest BCUT2D eigenvalue weighted by Gasteiger charge is -2.06. The van der Waals surface area contributed by atoms with E-state index in [9.17, 15) is 9.59 Å². The number of carbonyl (C=O) groups is 1. The molecule has 0 saturated heterocycles. The standard InChI is InChI=1S/C16H17N3O3/c17-14-6-7-19(16(21)18-14)9-12-8-13(12)10-22-15(20)11-4-2-1-3-5-11/h1-7,12-13H,8-10H2,(H2,17,18,21). The lowest BCUT2D eigenvalue weighted by atomic mass is 10.2. The SMILES string of the molecule is Nc1ccn(CC2CC2COC(=O)c2ccccc2)c(=O)n1. The highest BCUT2D eigenvalue weighted by atomic mass is 16.5. The minimum absolute atomic E-state index is 0.227. The van der Waals surface area contributed by atoms with E-state index in [0.29, 0.717) is 30.6 Å². The summed E-state index contributed by atoms with van der Waals surface area (Å²) < 4.78 is 6.85. The van der Waals surface area contributed by atoms with Crippen molar-refractivity contribution in [2.75, 3.05) is 12.3 Å². The minimum atomic E-state index is -0.341. The second-order valence-corrected chi connectivity index (χ2v) is 5.51. The molecule has 6 nitrogen and oxygen atoms in total. The molecule has 2 atom stereocenters. The molecule has 2 unspecified atom stereocenters. The quantitative estimate of drug-likeness (QED) is 0.841. The van der Waals surface area contributed by atoms with Crippen molar-refractivity contribution in [2.45, 2.75) is 13.0 Å². The van der Waals surface area contributed by atoms with Gasteiger partial charge in [0.15, 0.2) is 0 Å². The molecule has 0 bridgehead atoms. The zero-order valence-corrected chi connectivity index (χ0v) is 12.0. The Morgan fingerprint density at radius 1 is 1.27 bits per heavy atom. The number of nitrogens with two attached hydrogens (primary N) is 1. The van der Waals surface area contributed by atoms with Crippen molar-refractivity contribution in [3.63, 3.8) is 0 Å². The normalized spacial score (nSPS) is 19.6. The smallest absolute Gasteiger partial charge is 0.349 e. The number of nitrogens with zero attached hydrogens (tertiary/aromatic N) is 2. The molecular formula is C16H17N3O3. The predicted octanol–water partition coefficient (Wildman–Crippen LogP) is 1.32. The van der Waals surface area contributed by atoms with Gasteiger partial charge in [0.05, 0.1) is 12.2 Å². The van der Waals surface area contributed by atoms with Crippen LogP contribution in [0.1, 0.15) is 16.8 Å². The Bertz CT molecular complexity index is 727. The Kier molecular flexibility index (Phi) is 3.91. The van der Waals surface area contributed by atoms with Gasteiger partial charge in [-0.25, -0.2) is 9.59 Å². The van der Waals surface area contributed by atoms with Gasteiger partial charge in [0.2, 0.25) is 0 Å². The van der Waals surface area contributed by atoms with E-state index >= 15 is 0 Å². The highest BCUT2D eigenvalue weighted by molar-refractivity contribution is 5.89. The molecule has 1 aromatic carbocycles. The van der Waals surface area contributed by atoms with Crippen LogP contribution in [-0.4, -0.2) is 22.1 Å². The number of benzene rings is 1. The van der Waals surface area contributed by atoms with Crippen molar-refractivity contribution in [3.05, 3.63) is 58.6 Å². The number of rotatable bonds is 5. The van der Waals surface area contributed by atoms with Crippen LogP contribution in [0.4, 0.5) is 5.82 Å². The Morgan fingerprint density at radius 3 is 2.77 bits per heavy atom. The molecule has 1 aliphatic rings. The fraction of sp³-hybridized carbons (Fsp3) is 0.312. The summed E-state index contributed by atoms with van der Waals surface area (Å²) in [5.41, 5.74) is 5.67. The number of esters is 1. The third-order valence-corrected chi connectivity index (χ3v) is 3.83. The summed E-state index contributed by atoms with van der Waals surface area (Å²) in [6.07, 6.45) is 2.59. The Balaban J connectivity index is 1.49. The molecule has 2 aromatic rings. The van der Waals surface area contributed by atoms with E-state index in [1.165, 1.54) is 0 Å². The maximum Gasteiger partial charge on any atom is 0.349 e. The lowest BCUT2D eigenvalue weighted by molar-refractivity contribution is 0.0479. The summed E-state index contributed by atoms with van der Waals surface area (Å²) in [7, 11) is 0. The van der Waals surface area contributed by atoms with Crippen molar-refractivity contribution in [2.24, 2.45) is 11.8 Å². The van der Waals surface area contributed by atoms with Gasteiger partial charge in [0, 0.05) is 12.7 Å². The van der Waals surface area contributed by atoms with E-state index in [1.54, 1.807) is 41.1 Å². The summed E-state index contributed by atoms with van der Waals surface area (Å²) in [6, 6.07) is 10.5. The monoisotopic (exact) mass is 299 g/mol. The van der Waals surface area contributed by atoms with Gasteiger partial charge in [-0.2, -0.15) is 4.98 Å². The Labute approximate surface area is 127 Å². The molecule has 1 fully saturated rings. The van der Waals surface area contributed by atoms with Crippen molar-refractivity contribution in [1.29, 1.82) is 0 Å². The Morgan fingerprint density at radius 2 is 2.05 bits per heavy atom. The topological polar surface area (TPSA) is 87.2 Å². The van der Waals surface area contributed by atoms with Crippen LogP contribution in [0.25, 0.3) is 0 Å². The van der Waals surface area contributed by atoms with Crippen LogP contribution >= 0.6 is 0 Å². The van der Waals surface area contributed by atoms with Gasteiger partial charge in [-0.3, -0.25) is 4.57 Å². The molecule has 2 N–H and O–H groups in total. The molecular weight excluding hydrogens is 282 g/mol. The van der Waals surface area contributed by atoms with Crippen molar-refractivity contribution >= 4 is 11.8 Å². The third-order valence-electron chi connectivity index (χ3n) is 3.83. The van der Waals surface area contributed by atoms with Crippen LogP contribution < -0.4 is 11.4 Å². The maximum atomic E-state index is 11.8. The van der Waals surface area contributed by atoms with Gasteiger partial charge in [-0.1, -0.05) is 18.2 Å². The molecule has 22 heavy (non-hydrogen) atoms. The first-order valence-electron chi connectivity index (χ1n) is 7.18. The van der Waals surface area contributed by atoms with Gasteiger partial charge < -0.3 is 10.5 Å². The van der Waals surface area contributed by atoms with Gasteiger partial charge in [-0.15, -0.1) is 0 Å². The van der Waals surface area contributed by atoms with E-state index in [2.05, 4.69) is 4.98 Å². The lowest BCUT2D eigenvalue weighted by Crippen LogP contribution is -2.24. The summed E-state index contributed by atoms with van der Waals surface area (Å²) in [4.78, 5) is 27.2. The van der Waals surface area contributed by atoms with Crippen LogP contribution in [-0.2, 0) is 11.3 Å². The molecule has 1 aromatic heterocycles. The molecule has 6 heteroatoms. The fourth-order valence-corrected chi connectivity index (χ4v) is 2.41. The van der Waals surface area contributed by atoms with Crippen molar-refractivity contribution in [1.82, 2.24) is 9.55 Å². The van der Waals surface area contributed by atoms with E-state index < -0.39 is 0 Å². The van der Waals surface area contributed by atoms with E-state index in [4.69, 9.17) is 10.5 Å². The molecule has 1 aliphatic carbocycles. The van der Waals surface area contributed by atoms with Crippen LogP contribution in [0.5, 0.6) is 0 Å². The van der Waals surface area contributed by atoms with E-state index in [1.807, 2.05) is 6.07 Å². The fourth-order valence-electron chi connectivity index (χ4n) is 2.41. The van der Waals surface area contributed by atoms with Crippen LogP contribution in [0.3, 0.4) is 0 Å². The molecule has 0 aliphatic heterocycles. The van der Waals surface area contributed by atoms with Gasteiger partial charge in [0.25, 0.3) is 0 Å². The summed E-state index contributed by atoms with van der Waals surface area (Å²) in [5, 5.41) is 0. The molecule has 114 valence electrons. The second kappa shape index (κ2) is 6.01. The summed E-state index contributed by atoms with van der Waals surface area (Å²) in [5.74, 6) is 0.562. The number of ether oxygens (including phenoxy) is 1. The van der Waals surface area contributed by atoms with Gasteiger partial charge in [-0.05, 0) is 36.5 Å². The number of anilines is 1. The minimum Gasteiger partial charge on any atom is -0.462 e. The first-order chi connectivity index (χ1) is 10.6. The van der Waals surface area contributed by atoms with Crippen LogP contribution in [0, 0.1) is 11.8 Å². The second-order valence-electron chi connectivity index (χ2n) is 5.51. The van der Waals surface area contributed by atoms with Crippen LogP contribution in [0.2, 0.25) is 0 Å². The van der Waals surface area contributed by atoms with E-state index in [-0.39, 0.29) is 17.5 Å². The summed E-state index contributed by atoms with van der Waals surface area (Å²) >= 11 is 0. The highest BCUT2D eigenvalue weighted by Crippen LogP contribution is 2.39. The largest absolute Gasteiger partial charge is 0.462 e. The zero-order chi connectivity index (χ0) is 15.5. The maximum absolute atomic E-state index is 11.8. The van der Waals surface area contributed by atoms with Crippen LogP contribution in [0.15, 0.2) is 47.4 Å². The molecule has 1 saturated carbocycles. The first kappa shape index (κ1) is 14.3. The molecule has 0 spiro atoms. The highest BCUT2D eigenvalue weighted by Gasteiger charge is 2.38. The first-order valence-corrected chi connectivity index (χ1v) is 7.18. The molecule has 1 heterocycles. The zero-order valence-electron chi connectivity index (χ0n) is 12.0. The number of nitrogen functional groups attached to an aromatic ring is 1. The van der Waals surface area contributed by atoms with Gasteiger partial charge in [0.1, 0.15) is 5.82 Å². The Hall–Kier alpha value is -2.63. The average Bonchev–Trinajstić information content (AvgIpc) is 3.27. The van der Waals surface area contributed by atoms with Gasteiger partial charge >= 0.3 is 11.7 Å². The number of hydrogen-bond acceptors (Lipinski definition) is 5. The molecule has 0 radical (unpaired) electrons. The predicted molar refractivity (Wildman–Crippen MR) is 81.2 cm³/mol. The molecule has 3 rings (SSSR count). The number of hydrogen-bond donors (Lipinski definition) is 1. The molecule has 0 amide bonds. The number of aromatic nitrogens is 2. The average molecular weight is 299 g/mol. The van der Waals surface area contributed by atoms with E-state index in [0.717, 1.165) is 6.42 Å². The number of carbonyl (C=O) groups excluding carboxylic acids is 1. The summed E-state index contributed by atoms with van der Waals surface area (Å²) in [6.45, 7) is 0.967. The third kappa shape index (κ3) is 3.33. The van der Waals surface area contributed by atoms with Crippen molar-refractivity contribution < 1.29 is 9.53 Å².